The fraction of sp³-hybridized carbons (Fsp3) is 0.615. The highest BCUT2D eigenvalue weighted by Gasteiger charge is 2.41. The van der Waals surface area contributed by atoms with Gasteiger partial charge in [-0.3, -0.25) is 4.79 Å². The van der Waals surface area contributed by atoms with Gasteiger partial charge in [-0.2, -0.15) is 0 Å². The van der Waals surface area contributed by atoms with Gasteiger partial charge in [0.1, 0.15) is 0 Å². The zero-order valence-corrected chi connectivity index (χ0v) is 11.8. The molecule has 0 saturated carbocycles. The first-order valence-electron chi connectivity index (χ1n) is 5.71. The van der Waals surface area contributed by atoms with Crippen LogP contribution in [0.5, 0.6) is 0 Å². The van der Waals surface area contributed by atoms with E-state index >= 15 is 0 Å². The number of thiophene rings is 1. The second-order valence-corrected chi connectivity index (χ2v) is 6.74. The Labute approximate surface area is 110 Å². The summed E-state index contributed by atoms with van der Waals surface area (Å²) in [4.78, 5) is 11.6. The number of alkyl halides is 2. The molecule has 1 aromatic rings. The molecule has 1 aromatic heterocycles. The van der Waals surface area contributed by atoms with E-state index < -0.39 is 23.7 Å². The van der Waals surface area contributed by atoms with Gasteiger partial charge in [0.2, 0.25) is 0 Å². The minimum atomic E-state index is -2.97. The minimum absolute atomic E-state index is 0.0541. The Kier molecular flexibility index (Phi) is 4.15. The number of aryl methyl sites for hydroxylation is 2. The summed E-state index contributed by atoms with van der Waals surface area (Å²) in [6.45, 7) is 6.58. The maximum absolute atomic E-state index is 14.2. The summed E-state index contributed by atoms with van der Waals surface area (Å²) in [5.74, 6) is -4.02. The van der Waals surface area contributed by atoms with Gasteiger partial charge in [-0.1, -0.05) is 13.8 Å². The summed E-state index contributed by atoms with van der Waals surface area (Å²) in [6, 6.07) is 1.73. The van der Waals surface area contributed by atoms with Crippen LogP contribution in [0.25, 0.3) is 0 Å². The monoisotopic (exact) mass is 276 g/mol. The Balaban J connectivity index is 2.94. The molecule has 0 saturated heterocycles. The van der Waals surface area contributed by atoms with Crippen molar-refractivity contribution in [2.24, 2.45) is 5.41 Å². The summed E-state index contributed by atoms with van der Waals surface area (Å²) in [7, 11) is 0. The molecule has 102 valence electrons. The summed E-state index contributed by atoms with van der Waals surface area (Å²) in [6.07, 6.45) is -0.709. The van der Waals surface area contributed by atoms with Crippen LogP contribution >= 0.6 is 11.3 Å². The Morgan fingerprint density at radius 2 is 1.94 bits per heavy atom. The standard InChI is InChI=1S/C13H18F2O2S/c1-8-5-9(2)18-11(8)13(14,15)7-12(3,4)6-10(16)17/h5H,6-7H2,1-4H3,(H,16,17). The van der Waals surface area contributed by atoms with Crippen LogP contribution in [0.3, 0.4) is 0 Å². The van der Waals surface area contributed by atoms with Crippen LogP contribution in [0.2, 0.25) is 0 Å². The molecule has 0 amide bonds. The average Bonchev–Trinajstić information content (AvgIpc) is 2.40. The molecular formula is C13H18F2O2S. The van der Waals surface area contributed by atoms with Crippen molar-refractivity contribution in [3.8, 4) is 0 Å². The van der Waals surface area contributed by atoms with E-state index in [0.29, 0.717) is 5.56 Å². The van der Waals surface area contributed by atoms with Crippen molar-refractivity contribution in [2.45, 2.75) is 46.5 Å². The highest BCUT2D eigenvalue weighted by molar-refractivity contribution is 7.12. The molecule has 18 heavy (non-hydrogen) atoms. The van der Waals surface area contributed by atoms with Crippen LogP contribution in [-0.2, 0) is 10.7 Å². The number of hydrogen-bond acceptors (Lipinski definition) is 2. The van der Waals surface area contributed by atoms with Crippen LogP contribution < -0.4 is 0 Å². The predicted octanol–water partition coefficient (Wildman–Crippen LogP) is 4.35. The second kappa shape index (κ2) is 4.96. The number of carbonyl (C=O) groups is 1. The molecule has 0 atom stereocenters. The van der Waals surface area contributed by atoms with Gasteiger partial charge in [0.25, 0.3) is 5.92 Å². The molecule has 0 aliphatic carbocycles. The van der Waals surface area contributed by atoms with E-state index in [1.165, 1.54) is 0 Å². The highest BCUT2D eigenvalue weighted by atomic mass is 32.1. The number of carboxylic acids is 1. The molecule has 0 bridgehead atoms. The summed E-state index contributed by atoms with van der Waals surface area (Å²) in [5.41, 5.74) is -0.353. The Hall–Kier alpha value is -0.970. The Morgan fingerprint density at radius 1 is 1.39 bits per heavy atom. The predicted molar refractivity (Wildman–Crippen MR) is 68.3 cm³/mol. The van der Waals surface area contributed by atoms with Gasteiger partial charge in [-0.05, 0) is 30.9 Å². The Morgan fingerprint density at radius 3 is 2.33 bits per heavy atom. The second-order valence-electron chi connectivity index (χ2n) is 5.49. The van der Waals surface area contributed by atoms with Gasteiger partial charge in [0, 0.05) is 11.3 Å². The van der Waals surface area contributed by atoms with Gasteiger partial charge in [-0.25, -0.2) is 8.78 Å². The lowest BCUT2D eigenvalue weighted by Crippen LogP contribution is -2.26. The van der Waals surface area contributed by atoms with Crippen molar-refractivity contribution < 1.29 is 18.7 Å². The molecule has 1 N–H and O–H groups in total. The van der Waals surface area contributed by atoms with E-state index in [9.17, 15) is 13.6 Å². The van der Waals surface area contributed by atoms with Crippen LogP contribution in [0.15, 0.2) is 6.07 Å². The van der Waals surface area contributed by atoms with E-state index in [-0.39, 0.29) is 11.3 Å². The third kappa shape index (κ3) is 3.77. The van der Waals surface area contributed by atoms with E-state index in [0.717, 1.165) is 16.2 Å². The number of hydrogen-bond donors (Lipinski definition) is 1. The first-order chi connectivity index (χ1) is 8.03. The first kappa shape index (κ1) is 15.1. The van der Waals surface area contributed by atoms with Crippen LogP contribution in [0.4, 0.5) is 8.78 Å². The molecule has 0 spiro atoms. The van der Waals surface area contributed by atoms with Crippen LogP contribution in [0, 0.1) is 19.3 Å². The highest BCUT2D eigenvalue weighted by Crippen LogP contribution is 2.45. The van der Waals surface area contributed by atoms with Crippen LogP contribution in [0.1, 0.15) is 42.0 Å². The fourth-order valence-electron chi connectivity index (χ4n) is 2.16. The zero-order chi connectivity index (χ0) is 14.1. The molecule has 1 rings (SSSR count). The Bertz CT molecular complexity index is 450. The first-order valence-corrected chi connectivity index (χ1v) is 6.52. The number of halogens is 2. The lowest BCUT2D eigenvalue weighted by molar-refractivity contribution is -0.140. The molecule has 0 fully saturated rings. The summed E-state index contributed by atoms with van der Waals surface area (Å²) in [5, 5.41) is 8.73. The number of rotatable bonds is 5. The van der Waals surface area contributed by atoms with Crippen molar-refractivity contribution in [1.82, 2.24) is 0 Å². The maximum Gasteiger partial charge on any atom is 0.303 e. The lowest BCUT2D eigenvalue weighted by atomic mass is 9.82. The van der Waals surface area contributed by atoms with Crippen molar-refractivity contribution in [3.05, 3.63) is 21.4 Å². The topological polar surface area (TPSA) is 37.3 Å². The normalized spacial score (nSPS) is 12.8. The average molecular weight is 276 g/mol. The van der Waals surface area contributed by atoms with Gasteiger partial charge in [0.05, 0.1) is 11.3 Å². The molecule has 5 heteroatoms. The molecular weight excluding hydrogens is 258 g/mol. The van der Waals surface area contributed by atoms with Crippen molar-refractivity contribution in [1.29, 1.82) is 0 Å². The van der Waals surface area contributed by atoms with Gasteiger partial charge >= 0.3 is 5.97 Å². The number of aliphatic carboxylic acids is 1. The van der Waals surface area contributed by atoms with E-state index in [4.69, 9.17) is 5.11 Å². The van der Waals surface area contributed by atoms with Gasteiger partial charge in [0.15, 0.2) is 0 Å². The molecule has 0 radical (unpaired) electrons. The SMILES string of the molecule is Cc1cc(C)c(C(F)(F)CC(C)(C)CC(=O)O)s1. The summed E-state index contributed by atoms with van der Waals surface area (Å²) < 4.78 is 28.4. The molecule has 2 nitrogen and oxygen atoms in total. The zero-order valence-electron chi connectivity index (χ0n) is 11.0. The fourth-order valence-corrected chi connectivity index (χ4v) is 3.16. The minimum Gasteiger partial charge on any atom is -0.481 e. The summed E-state index contributed by atoms with van der Waals surface area (Å²) >= 11 is 1.08. The maximum atomic E-state index is 14.2. The number of carboxylic acid groups (broad SMARTS) is 1. The molecule has 0 unspecified atom stereocenters. The molecule has 0 aliphatic rings. The molecule has 0 aliphatic heterocycles. The smallest absolute Gasteiger partial charge is 0.303 e. The van der Waals surface area contributed by atoms with Crippen LogP contribution in [-0.4, -0.2) is 11.1 Å². The largest absolute Gasteiger partial charge is 0.481 e. The van der Waals surface area contributed by atoms with Crippen molar-refractivity contribution in [3.63, 3.8) is 0 Å². The quantitative estimate of drug-likeness (QED) is 0.868. The van der Waals surface area contributed by atoms with E-state index in [1.54, 1.807) is 33.8 Å². The van der Waals surface area contributed by atoms with Gasteiger partial charge in [-0.15, -0.1) is 11.3 Å². The van der Waals surface area contributed by atoms with Gasteiger partial charge < -0.3 is 5.11 Å². The van der Waals surface area contributed by atoms with E-state index in [2.05, 4.69) is 0 Å². The lowest BCUT2D eigenvalue weighted by Gasteiger charge is -2.28. The van der Waals surface area contributed by atoms with E-state index in [1.807, 2.05) is 0 Å². The molecule has 1 heterocycles. The third-order valence-electron chi connectivity index (χ3n) is 2.70. The third-order valence-corrected chi connectivity index (χ3v) is 3.97. The van der Waals surface area contributed by atoms with Crippen molar-refractivity contribution in [2.75, 3.05) is 0 Å². The van der Waals surface area contributed by atoms with Crippen molar-refractivity contribution >= 4 is 17.3 Å². The molecule has 0 aromatic carbocycles.